The van der Waals surface area contributed by atoms with Crippen molar-refractivity contribution in [3.05, 3.63) is 72.9 Å². The van der Waals surface area contributed by atoms with Crippen molar-refractivity contribution in [3.8, 4) is 0 Å². The molecule has 1 fully saturated rings. The number of allylic oxidation sites excluding steroid dienone is 5. The van der Waals surface area contributed by atoms with Crippen LogP contribution in [0.1, 0.15) is 59.3 Å². The van der Waals surface area contributed by atoms with E-state index in [1.807, 2.05) is 32.1 Å². The quantitative estimate of drug-likeness (QED) is 0.442. The SMILES string of the molecule is C=C/C=C\C1=C(C)CC(NCCC2CCCCN2C/C(C=C)=C/C=C)C1.CC. The normalized spacial score (nSPS) is 23.5. The molecule has 2 nitrogen and oxygen atoms in total. The van der Waals surface area contributed by atoms with Gasteiger partial charge in [-0.2, -0.15) is 0 Å². The molecule has 1 aliphatic carbocycles. The molecule has 1 N–H and O–H groups in total. The van der Waals surface area contributed by atoms with Crippen molar-refractivity contribution in [2.75, 3.05) is 19.6 Å². The van der Waals surface area contributed by atoms with E-state index in [0.717, 1.165) is 19.5 Å². The summed E-state index contributed by atoms with van der Waals surface area (Å²) in [4.78, 5) is 2.64. The molecular weight excluding hydrogens is 340 g/mol. The predicted octanol–water partition coefficient (Wildman–Crippen LogP) is 6.37. The summed E-state index contributed by atoms with van der Waals surface area (Å²) in [5.74, 6) is 0. The maximum atomic E-state index is 3.95. The van der Waals surface area contributed by atoms with E-state index in [1.165, 1.54) is 55.4 Å². The van der Waals surface area contributed by atoms with Crippen molar-refractivity contribution in [3.63, 3.8) is 0 Å². The Kier molecular flexibility index (Phi) is 12.5. The highest BCUT2D eigenvalue weighted by atomic mass is 15.2. The van der Waals surface area contributed by atoms with Crippen molar-refractivity contribution < 1.29 is 0 Å². The summed E-state index contributed by atoms with van der Waals surface area (Å²) in [5, 5.41) is 3.80. The van der Waals surface area contributed by atoms with E-state index in [-0.39, 0.29) is 0 Å². The minimum atomic E-state index is 0.598. The molecule has 156 valence electrons. The fourth-order valence-electron chi connectivity index (χ4n) is 4.17. The lowest BCUT2D eigenvalue weighted by Crippen LogP contribution is -2.42. The van der Waals surface area contributed by atoms with E-state index < -0.39 is 0 Å². The van der Waals surface area contributed by atoms with Gasteiger partial charge in [-0.25, -0.2) is 0 Å². The first kappa shape index (κ1) is 24.4. The van der Waals surface area contributed by atoms with Crippen molar-refractivity contribution in [1.29, 1.82) is 0 Å². The molecule has 1 saturated heterocycles. The molecule has 28 heavy (non-hydrogen) atoms. The van der Waals surface area contributed by atoms with Crippen LogP contribution in [0.4, 0.5) is 0 Å². The summed E-state index contributed by atoms with van der Waals surface area (Å²) in [5.41, 5.74) is 4.27. The van der Waals surface area contributed by atoms with Crippen molar-refractivity contribution in [2.24, 2.45) is 0 Å². The van der Waals surface area contributed by atoms with Crippen LogP contribution in [0.3, 0.4) is 0 Å². The van der Waals surface area contributed by atoms with Gasteiger partial charge in [0.15, 0.2) is 0 Å². The average molecular weight is 383 g/mol. The Labute approximate surface area is 174 Å². The summed E-state index contributed by atoms with van der Waals surface area (Å²) in [6.45, 7) is 21.1. The minimum Gasteiger partial charge on any atom is -0.313 e. The van der Waals surface area contributed by atoms with Gasteiger partial charge in [0.2, 0.25) is 0 Å². The molecule has 0 amide bonds. The maximum Gasteiger partial charge on any atom is 0.0236 e. The lowest BCUT2D eigenvalue weighted by Gasteiger charge is -2.36. The highest BCUT2D eigenvalue weighted by Crippen LogP contribution is 2.27. The third-order valence-corrected chi connectivity index (χ3v) is 5.64. The lowest BCUT2D eigenvalue weighted by molar-refractivity contribution is 0.152. The Morgan fingerprint density at radius 3 is 2.61 bits per heavy atom. The average Bonchev–Trinajstić information content (AvgIpc) is 3.08. The Hall–Kier alpha value is -1.64. The number of piperidine rings is 1. The molecule has 0 aromatic heterocycles. The number of likely N-dealkylation sites (tertiary alicyclic amines) is 1. The first-order valence-electron chi connectivity index (χ1n) is 11.1. The van der Waals surface area contributed by atoms with Crippen LogP contribution in [0, 0.1) is 0 Å². The van der Waals surface area contributed by atoms with Gasteiger partial charge < -0.3 is 5.32 Å². The maximum absolute atomic E-state index is 3.95. The van der Waals surface area contributed by atoms with Crippen LogP contribution in [-0.4, -0.2) is 36.6 Å². The monoisotopic (exact) mass is 382 g/mol. The molecule has 0 bridgehead atoms. The van der Waals surface area contributed by atoms with Gasteiger partial charge in [-0.15, -0.1) is 0 Å². The zero-order chi connectivity index (χ0) is 20.8. The van der Waals surface area contributed by atoms with E-state index >= 15 is 0 Å². The van der Waals surface area contributed by atoms with Gasteiger partial charge in [-0.05, 0) is 63.3 Å². The van der Waals surface area contributed by atoms with Gasteiger partial charge in [-0.1, -0.05) is 82.0 Å². The van der Waals surface area contributed by atoms with Gasteiger partial charge >= 0.3 is 0 Å². The molecule has 0 spiro atoms. The van der Waals surface area contributed by atoms with Crippen molar-refractivity contribution in [1.82, 2.24) is 10.2 Å². The second-order valence-electron chi connectivity index (χ2n) is 7.55. The topological polar surface area (TPSA) is 15.3 Å². The standard InChI is InChI=1S/C24H36N2.C2H6/c1-5-8-12-22-18-23(17-20(22)4)25-15-14-24-13-9-10-16-26(24)19-21(7-3)11-6-2;1-2/h5-8,11-12,23-25H,1-3,9-10,13-19H2,4H3;1-2H3/b12-8-,21-11+;. The van der Waals surface area contributed by atoms with Crippen LogP contribution in [0.25, 0.3) is 0 Å². The summed E-state index contributed by atoms with van der Waals surface area (Å²) in [6.07, 6.45) is 19.6. The predicted molar refractivity (Wildman–Crippen MR) is 127 cm³/mol. The number of nitrogens with zero attached hydrogens (tertiary/aromatic N) is 1. The molecule has 1 heterocycles. The third-order valence-electron chi connectivity index (χ3n) is 5.64. The molecule has 2 atom stereocenters. The van der Waals surface area contributed by atoms with Crippen LogP contribution < -0.4 is 5.32 Å². The third kappa shape index (κ3) is 8.16. The fraction of sp³-hybridized carbons (Fsp3) is 0.538. The molecule has 1 aliphatic heterocycles. The van der Waals surface area contributed by atoms with E-state index in [4.69, 9.17) is 0 Å². The lowest BCUT2D eigenvalue weighted by atomic mass is 9.98. The Balaban J connectivity index is 0.00000190. The molecule has 2 rings (SSSR count). The molecular formula is C26H42N2. The van der Waals surface area contributed by atoms with Gasteiger partial charge in [0.25, 0.3) is 0 Å². The van der Waals surface area contributed by atoms with Gasteiger partial charge in [0.05, 0.1) is 0 Å². The molecule has 2 heteroatoms. The smallest absolute Gasteiger partial charge is 0.0236 e. The fourth-order valence-corrected chi connectivity index (χ4v) is 4.17. The van der Waals surface area contributed by atoms with E-state index in [2.05, 4.69) is 55.1 Å². The van der Waals surface area contributed by atoms with Gasteiger partial charge in [0, 0.05) is 18.6 Å². The molecule has 0 radical (unpaired) electrons. The summed E-state index contributed by atoms with van der Waals surface area (Å²) in [7, 11) is 0. The number of nitrogens with one attached hydrogen (secondary N) is 1. The molecule has 2 unspecified atom stereocenters. The van der Waals surface area contributed by atoms with Crippen molar-refractivity contribution in [2.45, 2.75) is 71.4 Å². The minimum absolute atomic E-state index is 0.598. The second kappa shape index (κ2) is 14.4. The molecule has 0 aromatic rings. The first-order chi connectivity index (χ1) is 13.7. The Morgan fingerprint density at radius 2 is 1.93 bits per heavy atom. The zero-order valence-electron chi connectivity index (χ0n) is 18.6. The van der Waals surface area contributed by atoms with Gasteiger partial charge in [0.1, 0.15) is 0 Å². The van der Waals surface area contributed by atoms with E-state index in [1.54, 1.807) is 0 Å². The highest BCUT2D eigenvalue weighted by Gasteiger charge is 2.24. The van der Waals surface area contributed by atoms with Crippen LogP contribution in [-0.2, 0) is 0 Å². The summed E-state index contributed by atoms with van der Waals surface area (Å²) >= 11 is 0. The zero-order valence-corrected chi connectivity index (χ0v) is 18.6. The Bertz CT molecular complexity index is 579. The highest BCUT2D eigenvalue weighted by molar-refractivity contribution is 5.32. The number of rotatable bonds is 10. The number of hydrogen-bond acceptors (Lipinski definition) is 2. The summed E-state index contributed by atoms with van der Waals surface area (Å²) < 4.78 is 0. The number of hydrogen-bond donors (Lipinski definition) is 1. The summed E-state index contributed by atoms with van der Waals surface area (Å²) in [6, 6.07) is 1.28. The molecule has 2 aliphatic rings. The largest absolute Gasteiger partial charge is 0.313 e. The molecule has 0 saturated carbocycles. The van der Waals surface area contributed by atoms with Crippen LogP contribution in [0.2, 0.25) is 0 Å². The van der Waals surface area contributed by atoms with Crippen LogP contribution in [0.15, 0.2) is 72.9 Å². The van der Waals surface area contributed by atoms with Crippen LogP contribution in [0.5, 0.6) is 0 Å². The van der Waals surface area contributed by atoms with Gasteiger partial charge in [-0.3, -0.25) is 4.90 Å². The van der Waals surface area contributed by atoms with E-state index in [9.17, 15) is 0 Å². The van der Waals surface area contributed by atoms with E-state index in [0.29, 0.717) is 12.1 Å². The van der Waals surface area contributed by atoms with Crippen LogP contribution >= 0.6 is 0 Å². The second-order valence-corrected chi connectivity index (χ2v) is 7.55. The Morgan fingerprint density at radius 1 is 1.14 bits per heavy atom. The first-order valence-corrected chi connectivity index (χ1v) is 11.1. The molecule has 0 aromatic carbocycles. The van der Waals surface area contributed by atoms with Crippen molar-refractivity contribution >= 4 is 0 Å².